The van der Waals surface area contributed by atoms with E-state index in [0.29, 0.717) is 0 Å². The van der Waals surface area contributed by atoms with Gasteiger partial charge in [-0.15, -0.1) is 0 Å². The normalized spacial score (nSPS) is 17.7. The van der Waals surface area contributed by atoms with Crippen molar-refractivity contribution in [2.75, 3.05) is 0 Å². The van der Waals surface area contributed by atoms with Crippen LogP contribution in [0.2, 0.25) is 0 Å². The minimum absolute atomic E-state index is 0.118. The van der Waals surface area contributed by atoms with Crippen molar-refractivity contribution in [3.63, 3.8) is 0 Å². The standard InChI is InChI=1S/C18H30N2O/c1-16(2,3)19-13-15(20-17(4,5)6)18(7,21)14-11-9-8-10-12-14/h8-13,15,20-21H,1-7H3/t15-,18+/m0/s1. The third-order valence-corrected chi connectivity index (χ3v) is 3.16. The molecule has 3 heteroatoms. The van der Waals surface area contributed by atoms with Crippen LogP contribution in [-0.2, 0) is 5.60 Å². The van der Waals surface area contributed by atoms with Gasteiger partial charge in [-0.25, -0.2) is 0 Å². The van der Waals surface area contributed by atoms with Crippen LogP contribution >= 0.6 is 0 Å². The van der Waals surface area contributed by atoms with Gasteiger partial charge in [0.05, 0.1) is 11.6 Å². The highest BCUT2D eigenvalue weighted by molar-refractivity contribution is 5.67. The van der Waals surface area contributed by atoms with Gasteiger partial charge in [-0.3, -0.25) is 4.99 Å². The predicted octanol–water partition coefficient (Wildman–Crippen LogP) is 3.52. The number of aliphatic hydroxyl groups is 1. The van der Waals surface area contributed by atoms with Crippen LogP contribution in [0.5, 0.6) is 0 Å². The quantitative estimate of drug-likeness (QED) is 0.833. The topological polar surface area (TPSA) is 44.6 Å². The Balaban J connectivity index is 3.14. The number of rotatable bonds is 4. The fraction of sp³-hybridized carbons (Fsp3) is 0.611. The molecule has 0 fully saturated rings. The van der Waals surface area contributed by atoms with Gasteiger partial charge < -0.3 is 10.4 Å². The fourth-order valence-electron chi connectivity index (χ4n) is 2.04. The van der Waals surface area contributed by atoms with Gasteiger partial charge in [0.25, 0.3) is 0 Å². The Morgan fingerprint density at radius 1 is 1.00 bits per heavy atom. The molecule has 2 atom stereocenters. The first kappa shape index (κ1) is 17.9. The Labute approximate surface area is 129 Å². The molecule has 0 heterocycles. The van der Waals surface area contributed by atoms with Crippen LogP contribution < -0.4 is 5.32 Å². The maximum Gasteiger partial charge on any atom is 0.107 e. The summed E-state index contributed by atoms with van der Waals surface area (Å²) in [5, 5.41) is 14.5. The van der Waals surface area contributed by atoms with Gasteiger partial charge in [-0.05, 0) is 54.0 Å². The van der Waals surface area contributed by atoms with E-state index in [-0.39, 0.29) is 17.1 Å². The molecule has 0 aromatic heterocycles. The zero-order valence-electron chi connectivity index (χ0n) is 14.4. The Bertz CT molecular complexity index is 464. The molecular formula is C18H30N2O. The van der Waals surface area contributed by atoms with Crippen LogP contribution in [-0.4, -0.2) is 28.4 Å². The lowest BCUT2D eigenvalue weighted by atomic mass is 9.87. The van der Waals surface area contributed by atoms with Gasteiger partial charge in [0, 0.05) is 11.8 Å². The Morgan fingerprint density at radius 2 is 1.52 bits per heavy atom. The van der Waals surface area contributed by atoms with Gasteiger partial charge in [0.1, 0.15) is 5.60 Å². The molecule has 1 aromatic rings. The highest BCUT2D eigenvalue weighted by Crippen LogP contribution is 2.25. The largest absolute Gasteiger partial charge is 0.383 e. The molecule has 1 aromatic carbocycles. The van der Waals surface area contributed by atoms with E-state index in [0.717, 1.165) is 5.56 Å². The van der Waals surface area contributed by atoms with Crippen LogP contribution in [0.25, 0.3) is 0 Å². The van der Waals surface area contributed by atoms with E-state index in [1.54, 1.807) is 0 Å². The maximum absolute atomic E-state index is 11.1. The van der Waals surface area contributed by atoms with Crippen LogP contribution in [0.3, 0.4) is 0 Å². The Kier molecular flexibility index (Phi) is 5.35. The molecule has 0 amide bonds. The molecular weight excluding hydrogens is 260 g/mol. The summed E-state index contributed by atoms with van der Waals surface area (Å²) in [6.07, 6.45) is 1.85. The summed E-state index contributed by atoms with van der Waals surface area (Å²) in [6.45, 7) is 14.3. The molecule has 0 spiro atoms. The molecule has 1 rings (SSSR count). The summed E-state index contributed by atoms with van der Waals surface area (Å²) in [4.78, 5) is 4.59. The number of nitrogens with zero attached hydrogens (tertiary/aromatic N) is 1. The lowest BCUT2D eigenvalue weighted by Crippen LogP contribution is -2.54. The first-order valence-corrected chi connectivity index (χ1v) is 7.53. The number of hydrogen-bond acceptors (Lipinski definition) is 3. The molecule has 3 nitrogen and oxygen atoms in total. The molecule has 0 saturated heterocycles. The Morgan fingerprint density at radius 3 is 1.95 bits per heavy atom. The average molecular weight is 290 g/mol. The first-order valence-electron chi connectivity index (χ1n) is 7.53. The van der Waals surface area contributed by atoms with Gasteiger partial charge in [-0.2, -0.15) is 0 Å². The summed E-state index contributed by atoms with van der Waals surface area (Å²) in [7, 11) is 0. The van der Waals surface area contributed by atoms with Crippen molar-refractivity contribution in [2.45, 2.75) is 71.2 Å². The third kappa shape index (κ3) is 5.98. The van der Waals surface area contributed by atoms with Crippen molar-refractivity contribution >= 4 is 6.21 Å². The minimum Gasteiger partial charge on any atom is -0.383 e. The van der Waals surface area contributed by atoms with Crippen molar-refractivity contribution in [1.29, 1.82) is 0 Å². The van der Waals surface area contributed by atoms with Crippen molar-refractivity contribution < 1.29 is 5.11 Å². The molecule has 118 valence electrons. The molecule has 2 N–H and O–H groups in total. The lowest BCUT2D eigenvalue weighted by Gasteiger charge is -2.37. The first-order chi connectivity index (χ1) is 9.42. The zero-order chi connectivity index (χ0) is 16.3. The minimum atomic E-state index is -1.02. The van der Waals surface area contributed by atoms with E-state index >= 15 is 0 Å². The van der Waals surface area contributed by atoms with Crippen molar-refractivity contribution in [1.82, 2.24) is 5.32 Å². The molecule has 0 aliphatic carbocycles. The average Bonchev–Trinajstić information content (AvgIpc) is 2.33. The van der Waals surface area contributed by atoms with Crippen molar-refractivity contribution in [3.05, 3.63) is 35.9 Å². The number of benzene rings is 1. The number of nitrogens with one attached hydrogen (secondary N) is 1. The molecule has 21 heavy (non-hydrogen) atoms. The van der Waals surface area contributed by atoms with E-state index in [1.807, 2.05) is 43.5 Å². The second-order valence-corrected chi connectivity index (χ2v) is 7.83. The highest BCUT2D eigenvalue weighted by atomic mass is 16.3. The summed E-state index contributed by atoms with van der Waals surface area (Å²) in [5.41, 5.74) is -0.423. The molecule has 0 aliphatic heterocycles. The predicted molar refractivity (Wildman–Crippen MR) is 90.9 cm³/mol. The zero-order valence-corrected chi connectivity index (χ0v) is 14.4. The van der Waals surface area contributed by atoms with Crippen LogP contribution in [0.4, 0.5) is 0 Å². The van der Waals surface area contributed by atoms with Gasteiger partial charge >= 0.3 is 0 Å². The Hall–Kier alpha value is -1.19. The van der Waals surface area contributed by atoms with Crippen LogP contribution in [0, 0.1) is 0 Å². The summed E-state index contributed by atoms with van der Waals surface area (Å²) >= 11 is 0. The molecule has 0 radical (unpaired) electrons. The van der Waals surface area contributed by atoms with E-state index in [9.17, 15) is 5.11 Å². The monoisotopic (exact) mass is 290 g/mol. The lowest BCUT2D eigenvalue weighted by molar-refractivity contribution is 0.0312. The van der Waals surface area contributed by atoms with E-state index in [2.05, 4.69) is 51.9 Å². The summed E-state index contributed by atoms with van der Waals surface area (Å²) in [5.74, 6) is 0. The molecule has 0 saturated carbocycles. The third-order valence-electron chi connectivity index (χ3n) is 3.16. The van der Waals surface area contributed by atoms with E-state index in [4.69, 9.17) is 0 Å². The molecule has 0 aliphatic rings. The second kappa shape index (κ2) is 6.29. The molecule has 0 unspecified atom stereocenters. The van der Waals surface area contributed by atoms with Gasteiger partial charge in [-0.1, -0.05) is 30.3 Å². The van der Waals surface area contributed by atoms with Crippen molar-refractivity contribution in [2.24, 2.45) is 4.99 Å². The van der Waals surface area contributed by atoms with E-state index in [1.165, 1.54) is 0 Å². The van der Waals surface area contributed by atoms with Crippen LogP contribution in [0.1, 0.15) is 54.0 Å². The molecule has 0 bridgehead atoms. The smallest absolute Gasteiger partial charge is 0.107 e. The van der Waals surface area contributed by atoms with Crippen molar-refractivity contribution in [3.8, 4) is 0 Å². The second-order valence-electron chi connectivity index (χ2n) is 7.83. The summed E-state index contributed by atoms with van der Waals surface area (Å²) in [6, 6.07) is 9.47. The SMILES string of the molecule is CC(C)(C)N=C[C@H](NC(C)(C)C)[C@](C)(O)c1ccccc1. The highest BCUT2D eigenvalue weighted by Gasteiger charge is 2.35. The van der Waals surface area contributed by atoms with E-state index < -0.39 is 5.60 Å². The van der Waals surface area contributed by atoms with Crippen LogP contribution in [0.15, 0.2) is 35.3 Å². The fourth-order valence-corrected chi connectivity index (χ4v) is 2.04. The number of hydrogen-bond donors (Lipinski definition) is 2. The van der Waals surface area contributed by atoms with Gasteiger partial charge in [0.2, 0.25) is 0 Å². The maximum atomic E-state index is 11.1. The van der Waals surface area contributed by atoms with Gasteiger partial charge in [0.15, 0.2) is 0 Å². The number of aliphatic imine (C=N–C) groups is 1. The summed E-state index contributed by atoms with van der Waals surface area (Å²) < 4.78 is 0.